The van der Waals surface area contributed by atoms with Gasteiger partial charge in [-0.2, -0.15) is 5.10 Å². The lowest BCUT2D eigenvalue weighted by molar-refractivity contribution is -0.127. The molecule has 5 aromatic heterocycles. The van der Waals surface area contributed by atoms with Crippen molar-refractivity contribution in [2.45, 2.75) is 51.9 Å². The summed E-state index contributed by atoms with van der Waals surface area (Å²) in [6, 6.07) is 44.7. The molecule has 0 aliphatic carbocycles. The molecule has 3 N–H and O–H groups in total. The van der Waals surface area contributed by atoms with Crippen LogP contribution in [-0.4, -0.2) is 234 Å². The summed E-state index contributed by atoms with van der Waals surface area (Å²) in [5, 5.41) is 35.4. The van der Waals surface area contributed by atoms with Gasteiger partial charge in [0.15, 0.2) is 0 Å². The van der Waals surface area contributed by atoms with Crippen molar-refractivity contribution < 1.29 is 29.4 Å². The van der Waals surface area contributed by atoms with Gasteiger partial charge in [-0.1, -0.05) is 111 Å². The molecule has 0 atom stereocenters. The van der Waals surface area contributed by atoms with Gasteiger partial charge in [-0.3, -0.25) is 24.3 Å². The molecule has 28 heteroatoms. The first-order valence-corrected chi connectivity index (χ1v) is 41.6. The van der Waals surface area contributed by atoms with Gasteiger partial charge in [0.25, 0.3) is 0 Å². The van der Waals surface area contributed by atoms with Crippen LogP contribution in [0.25, 0.3) is 43.2 Å². The Bertz CT molecular complexity index is 5900. The summed E-state index contributed by atoms with van der Waals surface area (Å²) in [5.41, 5.74) is 14.7. The Labute approximate surface area is 702 Å². The van der Waals surface area contributed by atoms with E-state index < -0.39 is 0 Å². The zero-order valence-electron chi connectivity index (χ0n) is 67.9. The van der Waals surface area contributed by atoms with Crippen LogP contribution in [0.3, 0.4) is 0 Å². The van der Waals surface area contributed by atoms with Crippen LogP contribution in [0.4, 0.5) is 46.0 Å². The summed E-state index contributed by atoms with van der Waals surface area (Å²) in [6.45, 7) is 32.4. The summed E-state index contributed by atoms with van der Waals surface area (Å²) in [5.74, 6) is 4.54. The SMILES string of the molecule is C=CC(=O)N1CCN(c2ncnc3c2CCN(c2cc(O)cc4ccccc24)C3)CC1.C=CC(=O)N1CCN(c2ncnc3c2CCN(c2cccc4[nH]ncc24)C3)CC1.C=CC(=O)N1CCN(c2ncnc3c2CCN(c2cccc4ccc(O)cc24)C3)CC1.C=CC(=O)N1CCN(c2ncnc3c2CCN(c2cccc4ccccc24)C3)CC1. The quantitative estimate of drug-likeness (QED) is 0.0959. The predicted molar refractivity (Wildman–Crippen MR) is 474 cm³/mol. The van der Waals surface area contributed by atoms with E-state index >= 15 is 0 Å². The molecular weight excluding hydrogens is 1520 g/mol. The number of rotatable bonds is 12. The minimum Gasteiger partial charge on any atom is -0.508 e. The number of amides is 4. The molecule has 121 heavy (non-hydrogen) atoms. The van der Waals surface area contributed by atoms with Crippen molar-refractivity contribution in [1.82, 2.24) is 69.7 Å². The Hall–Kier alpha value is -14.1. The molecule has 4 fully saturated rings. The molecule has 0 unspecified atom stereocenters. The number of phenols is 2. The van der Waals surface area contributed by atoms with E-state index in [1.165, 1.54) is 68.7 Å². The maximum absolute atomic E-state index is 11.9. The van der Waals surface area contributed by atoms with Gasteiger partial charge in [0.05, 0.1) is 60.7 Å². The number of carbonyl (C=O) groups is 4. The molecule has 0 radical (unpaired) electrons. The molecule has 20 rings (SSSR count). The van der Waals surface area contributed by atoms with Crippen LogP contribution in [0.2, 0.25) is 0 Å². The number of nitrogens with zero attached hydrogens (tertiary/aromatic N) is 21. The van der Waals surface area contributed by atoms with E-state index in [1.54, 1.807) is 37.4 Å². The zero-order chi connectivity index (χ0) is 83.0. The molecule has 12 aromatic rings. The van der Waals surface area contributed by atoms with Crippen molar-refractivity contribution in [3.63, 3.8) is 0 Å². The highest BCUT2D eigenvalue weighted by Crippen LogP contribution is 2.40. The number of nitrogens with one attached hydrogen (secondary N) is 1. The summed E-state index contributed by atoms with van der Waals surface area (Å²) in [4.78, 5) is 110. The first kappa shape index (κ1) is 79.4. The van der Waals surface area contributed by atoms with Gasteiger partial charge in [-0.25, -0.2) is 39.9 Å². The molecule has 616 valence electrons. The summed E-state index contributed by atoms with van der Waals surface area (Å²) >= 11 is 0. The molecule has 4 amide bonds. The largest absolute Gasteiger partial charge is 0.508 e. The van der Waals surface area contributed by atoms with Gasteiger partial charge in [-0.05, 0) is 109 Å². The Morgan fingerprint density at radius 1 is 0.306 bits per heavy atom. The fourth-order valence-corrected chi connectivity index (χ4v) is 18.1. The number of benzene rings is 7. The van der Waals surface area contributed by atoms with Crippen molar-refractivity contribution in [3.05, 3.63) is 261 Å². The molecule has 8 aliphatic heterocycles. The summed E-state index contributed by atoms with van der Waals surface area (Å²) < 4.78 is 0. The average Bonchev–Trinajstić information content (AvgIpc) is 1.33. The third-order valence-electron chi connectivity index (χ3n) is 24.5. The zero-order valence-corrected chi connectivity index (χ0v) is 67.9. The second-order valence-corrected chi connectivity index (χ2v) is 31.2. The van der Waals surface area contributed by atoms with Crippen molar-refractivity contribution in [3.8, 4) is 11.5 Å². The fraction of sp³-hybridized carbons (Fsp3) is 0.301. The Morgan fingerprint density at radius 3 is 1.03 bits per heavy atom. The topological polar surface area (TPSA) is 279 Å². The number of hydrogen-bond donors (Lipinski definition) is 3. The van der Waals surface area contributed by atoms with Crippen LogP contribution in [0.5, 0.6) is 11.5 Å². The van der Waals surface area contributed by atoms with Crippen molar-refractivity contribution in [1.29, 1.82) is 0 Å². The van der Waals surface area contributed by atoms with Crippen LogP contribution < -0.4 is 39.2 Å². The summed E-state index contributed by atoms with van der Waals surface area (Å²) in [7, 11) is 0. The van der Waals surface area contributed by atoms with E-state index in [0.717, 1.165) is 207 Å². The van der Waals surface area contributed by atoms with Crippen LogP contribution in [0.15, 0.2) is 216 Å². The van der Waals surface area contributed by atoms with E-state index in [9.17, 15) is 29.4 Å². The first-order valence-electron chi connectivity index (χ1n) is 41.6. The minimum absolute atomic E-state index is 0.00145. The minimum atomic E-state index is -0.0154. The Balaban J connectivity index is 0.000000115. The van der Waals surface area contributed by atoms with Crippen LogP contribution in [-0.2, 0) is 71.0 Å². The third kappa shape index (κ3) is 16.8. The highest BCUT2D eigenvalue weighted by molar-refractivity contribution is 5.98. The number of aromatic hydroxyl groups is 2. The maximum atomic E-state index is 11.9. The number of aromatic amines is 1. The van der Waals surface area contributed by atoms with Crippen LogP contribution >= 0.6 is 0 Å². The highest BCUT2D eigenvalue weighted by Gasteiger charge is 2.34. The van der Waals surface area contributed by atoms with Crippen molar-refractivity contribution in [2.24, 2.45) is 0 Å². The number of anilines is 8. The number of phenolic OH excluding ortho intramolecular Hbond substituents is 2. The Morgan fingerprint density at radius 2 is 0.636 bits per heavy atom. The molecule has 0 saturated carbocycles. The lowest BCUT2D eigenvalue weighted by Crippen LogP contribution is -2.49. The standard InChI is InChI=1S/2C24H25N5O2.C24H25N5O.C21H23N7O/c1-2-23(31)27-10-12-28(13-11-27)24-19-8-9-29(15-21(19)25-16-26-24)22-5-3-4-17-6-7-18(30)14-20(17)22;1-2-23(31)27-9-11-28(12-10-27)24-20-7-8-29(15-21(20)25-16-26-24)22-14-18(30)13-17-5-3-4-6-19(17)22;1-2-23(30)27-12-14-28(15-13-27)24-20-10-11-29(16-21(20)25-17-26-24)22-9-5-7-18-6-3-4-8-19(18)22;1-2-20(29)26-8-10-27(11-9-26)21-15-6-7-28(13-18(15)22-14-23-21)19-5-3-4-17-16(19)12-24-25-17/h2-7,14,16,30H,1,8-13,15H2;2-6,13-14,16,30H,1,7-12,15H2;2-9,17H,1,10-16H2;2-5,12,14H,1,6-11,13H2,(H,24,25). The normalized spacial score (nSPS) is 16.5. The number of H-pyrrole nitrogens is 1. The first-order chi connectivity index (χ1) is 59.3. The fourth-order valence-electron chi connectivity index (χ4n) is 18.1. The second-order valence-electron chi connectivity index (χ2n) is 31.2. The number of carbonyl (C=O) groups excluding carboxylic acids is 4. The molecule has 7 aromatic carbocycles. The van der Waals surface area contributed by atoms with Gasteiger partial charge in [0.2, 0.25) is 23.6 Å². The van der Waals surface area contributed by atoms with Gasteiger partial charge in [-0.15, -0.1) is 0 Å². The molecule has 4 saturated heterocycles. The Kier molecular flexibility index (Phi) is 23.4. The van der Waals surface area contributed by atoms with E-state index in [4.69, 9.17) is 0 Å². The third-order valence-corrected chi connectivity index (χ3v) is 24.5. The molecule has 0 bridgehead atoms. The number of aromatic nitrogens is 10. The monoisotopic (exact) mass is 1620 g/mol. The van der Waals surface area contributed by atoms with Crippen LogP contribution in [0.1, 0.15) is 45.0 Å². The molecule has 0 spiro atoms. The van der Waals surface area contributed by atoms with Gasteiger partial charge >= 0.3 is 0 Å². The van der Waals surface area contributed by atoms with Crippen molar-refractivity contribution >= 4 is 113 Å². The second kappa shape index (κ2) is 35.6. The van der Waals surface area contributed by atoms with E-state index in [0.29, 0.717) is 65.4 Å². The van der Waals surface area contributed by atoms with Gasteiger partial charge in [0, 0.05) is 204 Å². The average molecular weight is 1620 g/mol. The van der Waals surface area contributed by atoms with Gasteiger partial charge < -0.3 is 69.0 Å². The number of fused-ring (bicyclic) bond motifs is 8. The maximum Gasteiger partial charge on any atom is 0.246 e. The van der Waals surface area contributed by atoms with E-state index in [-0.39, 0.29) is 35.1 Å². The molecule has 28 nitrogen and oxygen atoms in total. The van der Waals surface area contributed by atoms with Gasteiger partial charge in [0.1, 0.15) is 60.1 Å². The van der Waals surface area contributed by atoms with E-state index in [1.807, 2.05) is 68.3 Å². The lowest BCUT2D eigenvalue weighted by atomic mass is 10.0. The summed E-state index contributed by atoms with van der Waals surface area (Å²) in [6.07, 6.45) is 17.6. The highest BCUT2D eigenvalue weighted by atomic mass is 16.3. The van der Waals surface area contributed by atoms with Crippen LogP contribution in [0, 0.1) is 0 Å². The lowest BCUT2D eigenvalue weighted by Gasteiger charge is -2.37. The number of piperazine rings is 4. The molecule has 13 heterocycles. The molecule has 8 aliphatic rings. The molecular formula is C93H98N22O6. The number of hydrogen-bond acceptors (Lipinski definition) is 23. The van der Waals surface area contributed by atoms with E-state index in [2.05, 4.69) is 194 Å². The predicted octanol–water partition coefficient (Wildman–Crippen LogP) is 10.2. The smallest absolute Gasteiger partial charge is 0.246 e. The van der Waals surface area contributed by atoms with Crippen molar-refractivity contribution in [2.75, 3.05) is 170 Å².